The molecule has 2 heterocycles. The summed E-state index contributed by atoms with van der Waals surface area (Å²) in [7, 11) is 0. The summed E-state index contributed by atoms with van der Waals surface area (Å²) in [5.41, 5.74) is 4.29. The first-order valence-corrected chi connectivity index (χ1v) is 11.9. The highest BCUT2D eigenvalue weighted by Crippen LogP contribution is 2.34. The average Bonchev–Trinajstić information content (AvgIpc) is 3.01. The van der Waals surface area contributed by atoms with E-state index < -0.39 is 0 Å². The van der Waals surface area contributed by atoms with Crippen LogP contribution in [0.1, 0.15) is 48.8 Å². The van der Waals surface area contributed by atoms with Crippen LogP contribution in [0.3, 0.4) is 0 Å². The lowest BCUT2D eigenvalue weighted by atomic mass is 10.1. The molecule has 2 saturated heterocycles. The Labute approximate surface area is 191 Å². The number of benzene rings is 2. The second-order valence-electron chi connectivity index (χ2n) is 9.42. The summed E-state index contributed by atoms with van der Waals surface area (Å²) in [6.07, 6.45) is 5.23. The Morgan fingerprint density at radius 2 is 1.62 bits per heavy atom. The lowest BCUT2D eigenvalue weighted by Gasteiger charge is -2.41. The average molecular weight is 436 g/mol. The molecule has 1 unspecified atom stereocenters. The zero-order valence-corrected chi connectivity index (χ0v) is 19.4. The Morgan fingerprint density at radius 3 is 2.28 bits per heavy atom. The Bertz CT molecular complexity index is 928. The molecule has 2 aromatic carbocycles. The number of amides is 1. The normalized spacial score (nSPS) is 20.8. The largest absolute Gasteiger partial charge is 0.457 e. The fourth-order valence-corrected chi connectivity index (χ4v) is 5.57. The number of rotatable bonds is 6. The molecule has 2 aromatic rings. The topological polar surface area (TPSA) is 46.6 Å². The molecule has 5 nitrogen and oxygen atoms in total. The maximum atomic E-state index is 13.7. The molecule has 1 amide bonds. The van der Waals surface area contributed by atoms with E-state index in [0.29, 0.717) is 11.0 Å². The Balaban J connectivity index is 1.53. The highest BCUT2D eigenvalue weighted by Gasteiger charge is 2.49. The fourth-order valence-electron chi connectivity index (χ4n) is 5.57. The van der Waals surface area contributed by atoms with Crippen LogP contribution in [0.25, 0.3) is 0 Å². The van der Waals surface area contributed by atoms with Gasteiger partial charge >= 0.3 is 5.97 Å². The van der Waals surface area contributed by atoms with Gasteiger partial charge in [0, 0.05) is 18.7 Å². The van der Waals surface area contributed by atoms with Crippen LogP contribution in [0.4, 0.5) is 5.69 Å². The van der Waals surface area contributed by atoms with E-state index in [4.69, 9.17) is 4.74 Å². The number of quaternary nitrogens is 1. The van der Waals surface area contributed by atoms with E-state index in [-0.39, 0.29) is 31.1 Å². The minimum Gasteiger partial charge on any atom is -0.457 e. The lowest BCUT2D eigenvalue weighted by Crippen LogP contribution is -2.61. The minimum absolute atomic E-state index is 0.167. The molecule has 2 fully saturated rings. The molecular weight excluding hydrogens is 400 g/mol. The minimum atomic E-state index is -0.200. The first-order valence-electron chi connectivity index (χ1n) is 11.9. The summed E-state index contributed by atoms with van der Waals surface area (Å²) in [4.78, 5) is 28.7. The highest BCUT2D eigenvalue weighted by atomic mass is 16.5. The van der Waals surface area contributed by atoms with Crippen molar-refractivity contribution in [1.29, 1.82) is 0 Å². The molecule has 0 bridgehead atoms. The van der Waals surface area contributed by atoms with Crippen molar-refractivity contribution in [3.63, 3.8) is 0 Å². The van der Waals surface area contributed by atoms with Gasteiger partial charge in [-0.2, -0.15) is 0 Å². The van der Waals surface area contributed by atoms with Crippen molar-refractivity contribution in [3.8, 4) is 0 Å². The van der Waals surface area contributed by atoms with Crippen LogP contribution in [-0.4, -0.2) is 48.6 Å². The molecule has 0 aromatic heterocycles. The number of ether oxygens (including phenoxy) is 1. The zero-order valence-electron chi connectivity index (χ0n) is 19.4. The molecule has 4 rings (SSSR count). The summed E-state index contributed by atoms with van der Waals surface area (Å²) in [5.74, 6) is -0.0331. The van der Waals surface area contributed by atoms with Crippen LogP contribution in [0.2, 0.25) is 0 Å². The predicted octanol–water partition coefficient (Wildman–Crippen LogP) is 4.54. The molecule has 2 aliphatic rings. The van der Waals surface area contributed by atoms with E-state index >= 15 is 0 Å². The van der Waals surface area contributed by atoms with Gasteiger partial charge in [-0.05, 0) is 56.2 Å². The van der Waals surface area contributed by atoms with E-state index in [1.54, 1.807) is 0 Å². The molecule has 0 N–H and O–H groups in total. The number of hydrogen-bond acceptors (Lipinski definition) is 3. The van der Waals surface area contributed by atoms with Crippen molar-refractivity contribution >= 4 is 17.6 Å². The molecule has 32 heavy (non-hydrogen) atoms. The molecule has 0 aliphatic carbocycles. The second-order valence-corrected chi connectivity index (χ2v) is 9.42. The maximum absolute atomic E-state index is 13.7. The highest BCUT2D eigenvalue weighted by molar-refractivity contribution is 6.00. The molecule has 0 radical (unpaired) electrons. The summed E-state index contributed by atoms with van der Waals surface area (Å²) in [6, 6.07) is 15.8. The van der Waals surface area contributed by atoms with Gasteiger partial charge in [0.2, 0.25) is 0 Å². The second kappa shape index (κ2) is 9.86. The van der Waals surface area contributed by atoms with Gasteiger partial charge in [-0.25, -0.2) is 4.79 Å². The molecule has 0 spiro atoms. The fraction of sp³-hybridized carbons (Fsp3) is 0.481. The number of carbonyl (C=O) groups excluding carboxylic acids is 2. The molecule has 5 heteroatoms. The molecule has 2 aliphatic heterocycles. The number of anilines is 1. The summed E-state index contributed by atoms with van der Waals surface area (Å²) < 4.78 is 6.21. The maximum Gasteiger partial charge on any atom is 0.362 e. The van der Waals surface area contributed by atoms with Gasteiger partial charge in [-0.3, -0.25) is 4.79 Å². The van der Waals surface area contributed by atoms with Crippen LogP contribution in [0, 0.1) is 13.8 Å². The number of aryl methyl sites for hydroxylation is 2. The third kappa shape index (κ3) is 4.73. The Kier molecular flexibility index (Phi) is 6.95. The third-order valence-electron chi connectivity index (χ3n) is 7.19. The van der Waals surface area contributed by atoms with Gasteiger partial charge < -0.3 is 14.1 Å². The standard InChI is InChI=1S/C27H35N2O3/c1-21-11-10-12-22(2)26(21)28-16-15-24(27(28)31)29(17-8-3-4-9-18-29)19-25(30)32-20-23-13-6-5-7-14-23/h5-7,10-14,24H,3-4,8-9,15-20H2,1-2H3/q+1. The summed E-state index contributed by atoms with van der Waals surface area (Å²) in [6.45, 7) is 7.17. The number of hydrogen-bond donors (Lipinski definition) is 0. The van der Waals surface area contributed by atoms with E-state index in [0.717, 1.165) is 54.7 Å². The van der Waals surface area contributed by atoms with Crippen molar-refractivity contribution in [2.24, 2.45) is 0 Å². The van der Waals surface area contributed by atoms with Crippen LogP contribution in [0.15, 0.2) is 48.5 Å². The van der Waals surface area contributed by atoms with Crippen LogP contribution in [0.5, 0.6) is 0 Å². The van der Waals surface area contributed by atoms with Crippen molar-refractivity contribution in [2.45, 2.75) is 58.6 Å². The third-order valence-corrected chi connectivity index (χ3v) is 7.19. The monoisotopic (exact) mass is 435 g/mol. The van der Waals surface area contributed by atoms with Crippen molar-refractivity contribution in [3.05, 3.63) is 65.2 Å². The molecular formula is C27H35N2O3+. The van der Waals surface area contributed by atoms with Crippen LogP contribution in [-0.2, 0) is 20.9 Å². The van der Waals surface area contributed by atoms with E-state index in [1.165, 1.54) is 12.8 Å². The van der Waals surface area contributed by atoms with E-state index in [9.17, 15) is 9.59 Å². The van der Waals surface area contributed by atoms with Gasteiger partial charge in [0.05, 0.1) is 13.1 Å². The van der Waals surface area contributed by atoms with Gasteiger partial charge in [0.15, 0.2) is 12.6 Å². The van der Waals surface area contributed by atoms with Crippen molar-refractivity contribution in [1.82, 2.24) is 0 Å². The van der Waals surface area contributed by atoms with Gasteiger partial charge in [-0.1, -0.05) is 48.5 Å². The number of para-hydroxylation sites is 1. The van der Waals surface area contributed by atoms with E-state index in [1.807, 2.05) is 41.3 Å². The van der Waals surface area contributed by atoms with Gasteiger partial charge in [0.1, 0.15) is 6.61 Å². The van der Waals surface area contributed by atoms with Gasteiger partial charge in [0.25, 0.3) is 5.91 Å². The number of likely N-dealkylation sites (tertiary alicyclic amines) is 1. The van der Waals surface area contributed by atoms with Crippen molar-refractivity contribution < 1.29 is 18.8 Å². The molecule has 0 saturated carbocycles. The quantitative estimate of drug-likeness (QED) is 0.494. The SMILES string of the molecule is Cc1cccc(C)c1N1CCC([N+]2(CC(=O)OCc3ccccc3)CCCCCC2)C1=O. The Morgan fingerprint density at radius 1 is 0.969 bits per heavy atom. The Hall–Kier alpha value is -2.66. The van der Waals surface area contributed by atoms with Gasteiger partial charge in [-0.15, -0.1) is 0 Å². The van der Waals surface area contributed by atoms with Crippen molar-refractivity contribution in [2.75, 3.05) is 31.1 Å². The van der Waals surface area contributed by atoms with Crippen LogP contribution < -0.4 is 4.90 Å². The van der Waals surface area contributed by atoms with Crippen LogP contribution >= 0.6 is 0 Å². The smallest absolute Gasteiger partial charge is 0.362 e. The first-order chi connectivity index (χ1) is 15.5. The number of esters is 1. The lowest BCUT2D eigenvalue weighted by molar-refractivity contribution is -0.934. The zero-order chi connectivity index (χ0) is 22.6. The summed E-state index contributed by atoms with van der Waals surface area (Å²) >= 11 is 0. The number of nitrogens with zero attached hydrogens (tertiary/aromatic N) is 2. The molecule has 170 valence electrons. The molecule has 1 atom stereocenters. The number of carbonyl (C=O) groups is 2. The van der Waals surface area contributed by atoms with E-state index in [2.05, 4.69) is 26.0 Å². The first kappa shape index (κ1) is 22.5. The summed E-state index contributed by atoms with van der Waals surface area (Å²) in [5, 5.41) is 0. The predicted molar refractivity (Wildman–Crippen MR) is 126 cm³/mol.